The number of hydrogen-bond donors (Lipinski definition) is 1. The first kappa shape index (κ1) is 9.19. The molecule has 0 aromatic carbocycles. The molecular formula is C6H10F3NS. The molecule has 0 amide bonds. The maximum atomic E-state index is 11.6. The highest BCUT2D eigenvalue weighted by atomic mass is 32.2. The van der Waals surface area contributed by atoms with Crippen molar-refractivity contribution in [2.45, 2.75) is 24.4 Å². The number of halogens is 3. The van der Waals surface area contributed by atoms with E-state index in [1.165, 1.54) is 0 Å². The summed E-state index contributed by atoms with van der Waals surface area (Å²) >= 11 is 0.0683. The molecule has 0 aliphatic carbocycles. The van der Waals surface area contributed by atoms with Gasteiger partial charge in [0.1, 0.15) is 0 Å². The molecule has 1 aliphatic heterocycles. The van der Waals surface area contributed by atoms with Crippen molar-refractivity contribution in [3.8, 4) is 0 Å². The maximum absolute atomic E-state index is 11.6. The van der Waals surface area contributed by atoms with E-state index in [9.17, 15) is 13.2 Å². The zero-order valence-corrected chi connectivity index (χ0v) is 6.76. The van der Waals surface area contributed by atoms with E-state index in [1.807, 2.05) is 0 Å². The lowest BCUT2D eigenvalue weighted by molar-refractivity contribution is -0.0328. The minimum absolute atomic E-state index is 0.0683. The van der Waals surface area contributed by atoms with Crippen molar-refractivity contribution in [1.82, 2.24) is 5.32 Å². The number of alkyl halides is 3. The van der Waals surface area contributed by atoms with Gasteiger partial charge in [-0.3, -0.25) is 0 Å². The van der Waals surface area contributed by atoms with Gasteiger partial charge in [-0.1, -0.05) is 0 Å². The van der Waals surface area contributed by atoms with Gasteiger partial charge in [-0.15, -0.1) is 0 Å². The van der Waals surface area contributed by atoms with Crippen LogP contribution in [0.4, 0.5) is 13.2 Å². The van der Waals surface area contributed by atoms with Crippen molar-refractivity contribution in [1.29, 1.82) is 0 Å². The molecule has 0 aromatic rings. The van der Waals surface area contributed by atoms with Crippen molar-refractivity contribution in [2.24, 2.45) is 0 Å². The van der Waals surface area contributed by atoms with Crippen LogP contribution in [0.25, 0.3) is 0 Å². The fourth-order valence-electron chi connectivity index (χ4n) is 1.09. The molecule has 1 atom stereocenters. The summed E-state index contributed by atoms with van der Waals surface area (Å²) in [4.78, 5) is 0. The number of thioether (sulfide) groups is 1. The predicted octanol–water partition coefficient (Wildman–Crippen LogP) is 1.99. The standard InChI is InChI=1S/C6H10F3NS/c7-6(8,9)11-4-5-2-1-3-10-5/h5,10H,1-4H2. The lowest BCUT2D eigenvalue weighted by Gasteiger charge is -2.10. The van der Waals surface area contributed by atoms with Crippen LogP contribution in [-0.2, 0) is 0 Å². The Bertz CT molecular complexity index is 119. The van der Waals surface area contributed by atoms with Crippen LogP contribution in [-0.4, -0.2) is 23.8 Å². The molecule has 0 spiro atoms. The molecule has 5 heteroatoms. The first-order valence-electron chi connectivity index (χ1n) is 3.52. The van der Waals surface area contributed by atoms with Crippen LogP contribution in [0.3, 0.4) is 0 Å². The SMILES string of the molecule is FC(F)(F)SCC1CCCN1. The molecule has 0 radical (unpaired) electrons. The molecule has 66 valence electrons. The highest BCUT2D eigenvalue weighted by Crippen LogP contribution is 2.31. The fourth-order valence-corrected chi connectivity index (χ4v) is 1.77. The molecule has 1 aliphatic rings. The molecule has 0 aromatic heterocycles. The van der Waals surface area contributed by atoms with Gasteiger partial charge in [0.15, 0.2) is 0 Å². The van der Waals surface area contributed by atoms with Gasteiger partial charge in [0, 0.05) is 11.8 Å². The molecule has 1 rings (SSSR count). The summed E-state index contributed by atoms with van der Waals surface area (Å²) in [6.45, 7) is 0.864. The Morgan fingerprint density at radius 1 is 1.45 bits per heavy atom. The van der Waals surface area contributed by atoms with Gasteiger partial charge in [-0.05, 0) is 31.1 Å². The minimum atomic E-state index is -4.07. The van der Waals surface area contributed by atoms with Crippen molar-refractivity contribution in [3.05, 3.63) is 0 Å². The molecule has 1 fully saturated rings. The summed E-state index contributed by atoms with van der Waals surface area (Å²) in [6, 6.07) is 0.0709. The summed E-state index contributed by atoms with van der Waals surface area (Å²) in [5.74, 6) is 0.156. The second kappa shape index (κ2) is 3.67. The molecule has 1 heterocycles. The molecule has 1 N–H and O–H groups in total. The van der Waals surface area contributed by atoms with Gasteiger partial charge in [0.25, 0.3) is 0 Å². The second-order valence-electron chi connectivity index (χ2n) is 2.55. The highest BCUT2D eigenvalue weighted by molar-refractivity contribution is 8.00. The van der Waals surface area contributed by atoms with E-state index in [4.69, 9.17) is 0 Å². The minimum Gasteiger partial charge on any atom is -0.313 e. The van der Waals surface area contributed by atoms with Crippen molar-refractivity contribution >= 4 is 11.8 Å². The van der Waals surface area contributed by atoms with Crippen LogP contribution < -0.4 is 5.32 Å². The smallest absolute Gasteiger partial charge is 0.313 e. The largest absolute Gasteiger partial charge is 0.441 e. The Kier molecular flexibility index (Phi) is 3.06. The average Bonchev–Trinajstić information content (AvgIpc) is 2.32. The molecular weight excluding hydrogens is 175 g/mol. The van der Waals surface area contributed by atoms with Gasteiger partial charge in [0.05, 0.1) is 0 Å². The summed E-state index contributed by atoms with van der Waals surface area (Å²) in [5.41, 5.74) is -4.07. The molecule has 0 saturated carbocycles. The van der Waals surface area contributed by atoms with Crippen LogP contribution in [0.1, 0.15) is 12.8 Å². The average molecular weight is 185 g/mol. The number of hydrogen-bond acceptors (Lipinski definition) is 2. The third-order valence-electron chi connectivity index (χ3n) is 1.61. The van der Waals surface area contributed by atoms with Crippen LogP contribution in [0, 0.1) is 0 Å². The van der Waals surface area contributed by atoms with E-state index in [0.717, 1.165) is 19.4 Å². The van der Waals surface area contributed by atoms with Crippen LogP contribution in [0.15, 0.2) is 0 Å². The first-order valence-corrected chi connectivity index (χ1v) is 4.50. The molecule has 1 saturated heterocycles. The maximum Gasteiger partial charge on any atom is 0.441 e. The van der Waals surface area contributed by atoms with Crippen LogP contribution in [0.2, 0.25) is 0 Å². The Balaban J connectivity index is 2.11. The van der Waals surface area contributed by atoms with Gasteiger partial charge in [-0.2, -0.15) is 13.2 Å². The predicted molar refractivity (Wildman–Crippen MR) is 39.5 cm³/mol. The number of nitrogens with one attached hydrogen (secondary N) is 1. The van der Waals surface area contributed by atoms with Gasteiger partial charge < -0.3 is 5.32 Å². The fraction of sp³-hybridized carbons (Fsp3) is 1.00. The van der Waals surface area contributed by atoms with E-state index in [0.29, 0.717) is 0 Å². The zero-order valence-electron chi connectivity index (χ0n) is 5.95. The Labute approximate surface area is 67.7 Å². The molecule has 1 unspecified atom stereocenters. The van der Waals surface area contributed by atoms with Gasteiger partial charge >= 0.3 is 5.51 Å². The van der Waals surface area contributed by atoms with Crippen molar-refractivity contribution in [3.63, 3.8) is 0 Å². The molecule has 11 heavy (non-hydrogen) atoms. The summed E-state index contributed by atoms with van der Waals surface area (Å²) in [7, 11) is 0. The molecule has 0 bridgehead atoms. The summed E-state index contributed by atoms with van der Waals surface area (Å²) < 4.78 is 34.9. The van der Waals surface area contributed by atoms with Gasteiger partial charge in [0.2, 0.25) is 0 Å². The van der Waals surface area contributed by atoms with E-state index >= 15 is 0 Å². The normalized spacial score (nSPS) is 25.9. The van der Waals surface area contributed by atoms with Crippen molar-refractivity contribution in [2.75, 3.05) is 12.3 Å². The topological polar surface area (TPSA) is 12.0 Å². The number of rotatable bonds is 2. The quantitative estimate of drug-likeness (QED) is 0.706. The Morgan fingerprint density at radius 2 is 2.18 bits per heavy atom. The zero-order chi connectivity index (χ0) is 8.32. The monoisotopic (exact) mass is 185 g/mol. The van der Waals surface area contributed by atoms with Crippen LogP contribution >= 0.6 is 11.8 Å². The van der Waals surface area contributed by atoms with E-state index in [1.54, 1.807) is 0 Å². The van der Waals surface area contributed by atoms with Crippen molar-refractivity contribution < 1.29 is 13.2 Å². The van der Waals surface area contributed by atoms with Gasteiger partial charge in [-0.25, -0.2) is 0 Å². The Morgan fingerprint density at radius 3 is 2.64 bits per heavy atom. The second-order valence-corrected chi connectivity index (χ2v) is 3.63. The summed E-state index contributed by atoms with van der Waals surface area (Å²) in [5, 5.41) is 3.01. The third-order valence-corrected chi connectivity index (χ3v) is 2.51. The lowest BCUT2D eigenvalue weighted by Crippen LogP contribution is -2.25. The van der Waals surface area contributed by atoms with E-state index in [2.05, 4.69) is 5.32 Å². The molecule has 1 nitrogen and oxygen atoms in total. The Hall–Kier alpha value is 0.1000. The van der Waals surface area contributed by atoms with E-state index in [-0.39, 0.29) is 23.6 Å². The first-order chi connectivity index (χ1) is 5.08. The van der Waals surface area contributed by atoms with Crippen LogP contribution in [0.5, 0.6) is 0 Å². The lowest BCUT2D eigenvalue weighted by atomic mass is 10.3. The van der Waals surface area contributed by atoms with E-state index < -0.39 is 5.51 Å². The third kappa shape index (κ3) is 3.86. The summed E-state index contributed by atoms with van der Waals surface area (Å²) in [6.07, 6.45) is 1.88. The highest BCUT2D eigenvalue weighted by Gasteiger charge is 2.30.